The first-order chi connectivity index (χ1) is 9.16. The fourth-order valence-corrected chi connectivity index (χ4v) is 2.87. The van der Waals surface area contributed by atoms with E-state index >= 15 is 0 Å². The molecule has 3 heterocycles. The van der Waals surface area contributed by atoms with Crippen LogP contribution in [-0.2, 0) is 6.42 Å². The third-order valence-corrected chi connectivity index (χ3v) is 3.82. The van der Waals surface area contributed by atoms with Crippen LogP contribution in [0.15, 0.2) is 18.2 Å². The topological polar surface area (TPSA) is 66.6 Å². The zero-order chi connectivity index (χ0) is 13.4. The van der Waals surface area contributed by atoms with Crippen molar-refractivity contribution in [2.24, 2.45) is 5.92 Å². The van der Waals surface area contributed by atoms with Gasteiger partial charge in [0.1, 0.15) is 11.0 Å². The summed E-state index contributed by atoms with van der Waals surface area (Å²) in [5.74, 6) is 0.200. The average molecular weight is 280 g/mol. The molecule has 6 heteroatoms. The first-order valence-electron chi connectivity index (χ1n) is 6.26. The third-order valence-electron chi connectivity index (χ3n) is 3.52. The molecular weight excluding hydrogens is 266 g/mol. The average Bonchev–Trinajstić information content (AvgIpc) is 2.98. The maximum absolute atomic E-state index is 11.2. The Labute approximate surface area is 115 Å². The number of imidazole rings is 1. The highest BCUT2D eigenvalue weighted by Crippen LogP contribution is 2.23. The van der Waals surface area contributed by atoms with Gasteiger partial charge in [-0.3, -0.25) is 4.40 Å². The van der Waals surface area contributed by atoms with Crippen molar-refractivity contribution in [3.8, 4) is 0 Å². The number of halogens is 1. The summed E-state index contributed by atoms with van der Waals surface area (Å²) in [5, 5.41) is 13.0. The molecule has 19 heavy (non-hydrogen) atoms. The van der Waals surface area contributed by atoms with Gasteiger partial charge in [-0.25, -0.2) is 9.78 Å². The van der Waals surface area contributed by atoms with Gasteiger partial charge in [0.2, 0.25) is 0 Å². The smallest absolute Gasteiger partial charge is 0.356 e. The number of aromatic nitrogens is 2. The van der Waals surface area contributed by atoms with Gasteiger partial charge in [0.05, 0.1) is 5.52 Å². The molecule has 2 aromatic rings. The molecule has 0 bridgehead atoms. The number of carboxylic acids is 1. The van der Waals surface area contributed by atoms with Crippen LogP contribution in [0.4, 0.5) is 0 Å². The first-order valence-corrected chi connectivity index (χ1v) is 6.64. The molecule has 2 aromatic heterocycles. The molecule has 1 aliphatic heterocycles. The van der Waals surface area contributed by atoms with Crippen LogP contribution < -0.4 is 5.32 Å². The summed E-state index contributed by atoms with van der Waals surface area (Å²) < 4.78 is 1.74. The van der Waals surface area contributed by atoms with E-state index in [1.165, 1.54) is 0 Å². The van der Waals surface area contributed by atoms with Crippen LogP contribution in [0.2, 0.25) is 5.15 Å². The molecule has 0 saturated carbocycles. The predicted molar refractivity (Wildman–Crippen MR) is 71.8 cm³/mol. The van der Waals surface area contributed by atoms with E-state index in [0.717, 1.165) is 31.8 Å². The number of nitrogens with zero attached hydrogens (tertiary/aromatic N) is 2. The molecule has 1 saturated heterocycles. The van der Waals surface area contributed by atoms with Crippen LogP contribution in [0.3, 0.4) is 0 Å². The van der Waals surface area contributed by atoms with Crippen molar-refractivity contribution < 1.29 is 9.90 Å². The van der Waals surface area contributed by atoms with Crippen LogP contribution in [0.1, 0.15) is 22.7 Å². The van der Waals surface area contributed by atoms with E-state index in [1.54, 1.807) is 22.6 Å². The lowest BCUT2D eigenvalue weighted by molar-refractivity contribution is 0.0693. The Balaban J connectivity index is 2.09. The van der Waals surface area contributed by atoms with E-state index in [4.69, 9.17) is 11.6 Å². The molecule has 0 aliphatic carbocycles. The Morgan fingerprint density at radius 1 is 1.58 bits per heavy atom. The van der Waals surface area contributed by atoms with Crippen molar-refractivity contribution in [3.63, 3.8) is 0 Å². The van der Waals surface area contributed by atoms with E-state index in [-0.39, 0.29) is 5.69 Å². The number of fused-ring (bicyclic) bond motifs is 1. The molecule has 2 N–H and O–H groups in total. The lowest BCUT2D eigenvalue weighted by Gasteiger charge is -2.08. The van der Waals surface area contributed by atoms with Gasteiger partial charge in [-0.2, -0.15) is 0 Å². The Morgan fingerprint density at radius 3 is 3.11 bits per heavy atom. The van der Waals surface area contributed by atoms with Gasteiger partial charge in [-0.05, 0) is 37.6 Å². The summed E-state index contributed by atoms with van der Waals surface area (Å²) in [6, 6.07) is 5.23. The zero-order valence-corrected chi connectivity index (χ0v) is 11.0. The Bertz CT molecular complexity index is 632. The van der Waals surface area contributed by atoms with E-state index in [1.807, 2.05) is 0 Å². The quantitative estimate of drug-likeness (QED) is 0.842. The highest BCUT2D eigenvalue weighted by molar-refractivity contribution is 6.29. The molecular formula is C13H14ClN3O2. The maximum Gasteiger partial charge on any atom is 0.356 e. The minimum absolute atomic E-state index is 0.0726. The summed E-state index contributed by atoms with van der Waals surface area (Å²) in [7, 11) is 0. The number of hydrogen-bond acceptors (Lipinski definition) is 3. The molecule has 0 radical (unpaired) electrons. The van der Waals surface area contributed by atoms with E-state index in [9.17, 15) is 9.90 Å². The number of carboxylic acid groups (broad SMARTS) is 1. The molecule has 0 spiro atoms. The van der Waals surface area contributed by atoms with Crippen LogP contribution in [0, 0.1) is 5.92 Å². The highest BCUT2D eigenvalue weighted by atomic mass is 35.5. The lowest BCUT2D eigenvalue weighted by Crippen LogP contribution is -2.12. The van der Waals surface area contributed by atoms with Crippen LogP contribution in [-0.4, -0.2) is 33.6 Å². The fraction of sp³-hybridized carbons (Fsp3) is 0.385. The summed E-state index contributed by atoms with van der Waals surface area (Å²) in [4.78, 5) is 15.5. The van der Waals surface area contributed by atoms with Crippen molar-refractivity contribution >= 4 is 23.1 Å². The van der Waals surface area contributed by atoms with E-state index < -0.39 is 5.97 Å². The van der Waals surface area contributed by atoms with Crippen LogP contribution in [0.5, 0.6) is 0 Å². The van der Waals surface area contributed by atoms with Crippen LogP contribution in [0.25, 0.3) is 5.52 Å². The Hall–Kier alpha value is -1.59. The van der Waals surface area contributed by atoms with Gasteiger partial charge in [0.15, 0.2) is 5.69 Å². The minimum Gasteiger partial charge on any atom is -0.476 e. The Kier molecular flexibility index (Phi) is 3.16. The lowest BCUT2D eigenvalue weighted by atomic mass is 10.1. The molecule has 0 aromatic carbocycles. The van der Waals surface area contributed by atoms with E-state index in [2.05, 4.69) is 10.3 Å². The number of carbonyl (C=O) groups is 1. The molecule has 1 unspecified atom stereocenters. The van der Waals surface area contributed by atoms with Gasteiger partial charge >= 0.3 is 5.97 Å². The fourth-order valence-electron chi connectivity index (χ4n) is 2.61. The molecule has 0 amide bonds. The highest BCUT2D eigenvalue weighted by Gasteiger charge is 2.22. The van der Waals surface area contributed by atoms with Crippen molar-refractivity contribution in [1.82, 2.24) is 14.7 Å². The molecule has 1 fully saturated rings. The summed E-state index contributed by atoms with van der Waals surface area (Å²) in [6.45, 7) is 1.95. The second-order valence-electron chi connectivity index (χ2n) is 4.81. The van der Waals surface area contributed by atoms with Crippen LogP contribution >= 0.6 is 11.6 Å². The normalized spacial score (nSPS) is 19.1. The van der Waals surface area contributed by atoms with Gasteiger partial charge < -0.3 is 10.4 Å². The predicted octanol–water partition coefficient (Wildman–Crippen LogP) is 1.84. The standard InChI is InChI=1S/C13H14ClN3O2/c14-10-3-1-2-9-12(13(18)19)16-11(17(9)10)6-8-4-5-15-7-8/h1-3,8,15H,4-7H2,(H,18,19). The summed E-state index contributed by atoms with van der Waals surface area (Å²) in [5.41, 5.74) is 0.629. The zero-order valence-electron chi connectivity index (χ0n) is 10.3. The second-order valence-corrected chi connectivity index (χ2v) is 5.20. The largest absolute Gasteiger partial charge is 0.476 e. The van der Waals surface area contributed by atoms with Gasteiger partial charge in [0.25, 0.3) is 0 Å². The maximum atomic E-state index is 11.2. The number of pyridine rings is 1. The van der Waals surface area contributed by atoms with Gasteiger partial charge in [-0.1, -0.05) is 17.7 Å². The third kappa shape index (κ3) is 2.19. The van der Waals surface area contributed by atoms with Crippen molar-refractivity contribution in [3.05, 3.63) is 34.9 Å². The number of nitrogens with one attached hydrogen (secondary N) is 1. The van der Waals surface area contributed by atoms with Gasteiger partial charge in [0, 0.05) is 6.42 Å². The van der Waals surface area contributed by atoms with Gasteiger partial charge in [-0.15, -0.1) is 0 Å². The summed E-state index contributed by atoms with van der Waals surface area (Å²) >= 11 is 6.18. The van der Waals surface area contributed by atoms with E-state index in [0.29, 0.717) is 16.6 Å². The number of aromatic carboxylic acids is 1. The Morgan fingerprint density at radius 2 is 2.42 bits per heavy atom. The molecule has 1 aliphatic rings. The van der Waals surface area contributed by atoms with Crippen molar-refractivity contribution in [2.75, 3.05) is 13.1 Å². The van der Waals surface area contributed by atoms with Crippen molar-refractivity contribution in [1.29, 1.82) is 0 Å². The second kappa shape index (κ2) is 4.83. The number of rotatable bonds is 3. The van der Waals surface area contributed by atoms with Crippen molar-refractivity contribution in [2.45, 2.75) is 12.8 Å². The monoisotopic (exact) mass is 279 g/mol. The molecule has 100 valence electrons. The number of hydrogen-bond donors (Lipinski definition) is 2. The molecule has 3 rings (SSSR count). The summed E-state index contributed by atoms with van der Waals surface area (Å²) in [6.07, 6.45) is 1.83. The minimum atomic E-state index is -1.02. The SMILES string of the molecule is O=C(O)c1nc(CC2CCNC2)n2c(Cl)cccc12. The molecule has 5 nitrogen and oxygen atoms in total. The molecule has 1 atom stereocenters. The first kappa shape index (κ1) is 12.4.